The Morgan fingerprint density at radius 2 is 2.00 bits per heavy atom. The van der Waals surface area contributed by atoms with Crippen LogP contribution in [0.5, 0.6) is 0 Å². The van der Waals surface area contributed by atoms with Crippen LogP contribution in [0.2, 0.25) is 0 Å². The van der Waals surface area contributed by atoms with Crippen LogP contribution in [0.1, 0.15) is 27.5 Å². The van der Waals surface area contributed by atoms with Crippen molar-refractivity contribution in [2.75, 3.05) is 0 Å². The molecule has 0 unspecified atom stereocenters. The highest BCUT2D eigenvalue weighted by molar-refractivity contribution is 5.89. The maximum absolute atomic E-state index is 12.0. The summed E-state index contributed by atoms with van der Waals surface area (Å²) in [5, 5.41) is 8.00. The molecule has 112 valence electrons. The fourth-order valence-corrected chi connectivity index (χ4v) is 2.09. The summed E-state index contributed by atoms with van der Waals surface area (Å²) in [4.78, 5) is 12.0. The van der Waals surface area contributed by atoms with E-state index in [1.54, 1.807) is 36.0 Å². The minimum absolute atomic E-state index is 0.0934. The number of benzene rings is 1. The highest BCUT2D eigenvalue weighted by Crippen LogP contribution is 2.13. The lowest BCUT2D eigenvalue weighted by molar-refractivity contribution is 0.0464. The van der Waals surface area contributed by atoms with E-state index in [1.807, 2.05) is 25.1 Å². The van der Waals surface area contributed by atoms with Gasteiger partial charge >= 0.3 is 5.97 Å². The fourth-order valence-electron chi connectivity index (χ4n) is 2.09. The fraction of sp³-hybridized carbons (Fsp3) is 0.188. The SMILES string of the molecule is Cc1cc(COC(=O)c2ccc(-n3nccc3C)cc2)no1. The van der Waals surface area contributed by atoms with Gasteiger partial charge < -0.3 is 9.26 Å². The molecule has 0 fully saturated rings. The Bertz CT molecular complexity index is 787. The van der Waals surface area contributed by atoms with Crippen molar-refractivity contribution in [3.8, 4) is 5.69 Å². The van der Waals surface area contributed by atoms with Crippen molar-refractivity contribution in [3.63, 3.8) is 0 Å². The van der Waals surface area contributed by atoms with Crippen LogP contribution >= 0.6 is 0 Å². The molecule has 22 heavy (non-hydrogen) atoms. The maximum Gasteiger partial charge on any atom is 0.338 e. The second-order valence-corrected chi connectivity index (χ2v) is 4.94. The van der Waals surface area contributed by atoms with Crippen molar-refractivity contribution in [1.29, 1.82) is 0 Å². The summed E-state index contributed by atoms with van der Waals surface area (Å²) in [6, 6.07) is 10.7. The van der Waals surface area contributed by atoms with Crippen molar-refractivity contribution in [2.45, 2.75) is 20.5 Å². The van der Waals surface area contributed by atoms with Gasteiger partial charge in [-0.3, -0.25) is 0 Å². The Morgan fingerprint density at radius 1 is 1.23 bits per heavy atom. The Balaban J connectivity index is 1.67. The first-order chi connectivity index (χ1) is 10.6. The van der Waals surface area contributed by atoms with E-state index < -0.39 is 5.97 Å². The molecule has 6 nitrogen and oxygen atoms in total. The summed E-state index contributed by atoms with van der Waals surface area (Å²) in [5.74, 6) is 0.286. The number of hydrogen-bond donors (Lipinski definition) is 0. The lowest BCUT2D eigenvalue weighted by Gasteiger charge is -2.06. The molecule has 0 spiro atoms. The predicted octanol–water partition coefficient (Wildman–Crippen LogP) is 2.83. The lowest BCUT2D eigenvalue weighted by atomic mass is 10.2. The zero-order chi connectivity index (χ0) is 15.5. The van der Waals surface area contributed by atoms with Gasteiger partial charge in [-0.25, -0.2) is 9.48 Å². The van der Waals surface area contributed by atoms with E-state index in [9.17, 15) is 4.79 Å². The third-order valence-electron chi connectivity index (χ3n) is 3.21. The highest BCUT2D eigenvalue weighted by atomic mass is 16.5. The Labute approximate surface area is 127 Å². The topological polar surface area (TPSA) is 70.2 Å². The molecule has 0 radical (unpaired) electrons. The van der Waals surface area contributed by atoms with Crippen LogP contribution in [0.25, 0.3) is 5.69 Å². The molecule has 1 aromatic carbocycles. The molecule has 0 saturated heterocycles. The van der Waals surface area contributed by atoms with Crippen molar-refractivity contribution in [2.24, 2.45) is 0 Å². The minimum Gasteiger partial charge on any atom is -0.455 e. The maximum atomic E-state index is 12.0. The zero-order valence-electron chi connectivity index (χ0n) is 12.3. The van der Waals surface area contributed by atoms with Crippen molar-refractivity contribution in [3.05, 3.63) is 65.3 Å². The van der Waals surface area contributed by atoms with Gasteiger partial charge in [0, 0.05) is 18.0 Å². The number of carbonyl (C=O) groups excluding carboxylic acids is 1. The molecule has 0 amide bonds. The van der Waals surface area contributed by atoms with Crippen LogP contribution in [0.3, 0.4) is 0 Å². The van der Waals surface area contributed by atoms with E-state index in [-0.39, 0.29) is 6.61 Å². The zero-order valence-corrected chi connectivity index (χ0v) is 12.3. The number of esters is 1. The third kappa shape index (κ3) is 2.90. The monoisotopic (exact) mass is 297 g/mol. The van der Waals surface area contributed by atoms with E-state index in [4.69, 9.17) is 9.26 Å². The van der Waals surface area contributed by atoms with Gasteiger partial charge in [0.15, 0.2) is 0 Å². The Morgan fingerprint density at radius 3 is 2.59 bits per heavy atom. The van der Waals surface area contributed by atoms with E-state index in [1.165, 1.54) is 0 Å². The quantitative estimate of drug-likeness (QED) is 0.692. The minimum atomic E-state index is -0.399. The average molecular weight is 297 g/mol. The number of carbonyl (C=O) groups is 1. The number of rotatable bonds is 4. The van der Waals surface area contributed by atoms with Gasteiger partial charge in [0.25, 0.3) is 0 Å². The third-order valence-corrected chi connectivity index (χ3v) is 3.21. The molecule has 2 heterocycles. The van der Waals surface area contributed by atoms with E-state index in [2.05, 4.69) is 10.3 Å². The molecule has 0 N–H and O–H groups in total. The number of nitrogens with zero attached hydrogens (tertiary/aromatic N) is 3. The summed E-state index contributed by atoms with van der Waals surface area (Å²) in [5.41, 5.74) is 2.99. The summed E-state index contributed by atoms with van der Waals surface area (Å²) < 4.78 is 11.9. The average Bonchev–Trinajstić information content (AvgIpc) is 3.13. The standard InChI is InChI=1S/C16H15N3O3/c1-11-7-8-17-19(11)15-5-3-13(4-6-15)16(20)21-10-14-9-12(2)22-18-14/h3-9H,10H2,1-2H3. The molecule has 0 bridgehead atoms. The lowest BCUT2D eigenvalue weighted by Crippen LogP contribution is -2.06. The Kier molecular flexibility index (Phi) is 3.74. The van der Waals surface area contributed by atoms with Crippen molar-refractivity contribution in [1.82, 2.24) is 14.9 Å². The highest BCUT2D eigenvalue weighted by Gasteiger charge is 2.10. The molecule has 0 aliphatic heterocycles. The van der Waals surface area contributed by atoms with Crippen molar-refractivity contribution >= 4 is 5.97 Å². The number of aryl methyl sites for hydroxylation is 2. The molecular weight excluding hydrogens is 282 g/mol. The van der Waals surface area contributed by atoms with Gasteiger partial charge in [0.2, 0.25) is 0 Å². The number of ether oxygens (including phenoxy) is 1. The molecular formula is C16H15N3O3. The largest absolute Gasteiger partial charge is 0.455 e. The summed E-state index contributed by atoms with van der Waals surface area (Å²) in [6.45, 7) is 3.85. The van der Waals surface area contributed by atoms with Gasteiger partial charge in [-0.2, -0.15) is 5.10 Å². The molecule has 0 aliphatic carbocycles. The predicted molar refractivity (Wildman–Crippen MR) is 78.7 cm³/mol. The molecule has 0 saturated carbocycles. The van der Waals surface area contributed by atoms with E-state index >= 15 is 0 Å². The first-order valence-corrected chi connectivity index (χ1v) is 6.84. The first-order valence-electron chi connectivity index (χ1n) is 6.84. The molecule has 0 atom stereocenters. The van der Waals surface area contributed by atoms with Crippen LogP contribution < -0.4 is 0 Å². The second-order valence-electron chi connectivity index (χ2n) is 4.94. The van der Waals surface area contributed by atoms with Crippen LogP contribution in [0, 0.1) is 13.8 Å². The smallest absolute Gasteiger partial charge is 0.338 e. The van der Waals surface area contributed by atoms with Crippen LogP contribution in [-0.4, -0.2) is 20.9 Å². The van der Waals surface area contributed by atoms with Gasteiger partial charge in [0.05, 0.1) is 11.3 Å². The summed E-state index contributed by atoms with van der Waals surface area (Å²) in [6.07, 6.45) is 1.73. The second kappa shape index (κ2) is 5.85. The summed E-state index contributed by atoms with van der Waals surface area (Å²) in [7, 11) is 0. The van der Waals surface area contributed by atoms with E-state index in [0.717, 1.165) is 11.4 Å². The normalized spacial score (nSPS) is 10.6. The van der Waals surface area contributed by atoms with Crippen LogP contribution in [0.15, 0.2) is 47.1 Å². The molecule has 3 aromatic rings. The first kappa shape index (κ1) is 14.1. The molecule has 6 heteroatoms. The molecule has 0 aliphatic rings. The number of aromatic nitrogens is 3. The van der Waals surface area contributed by atoms with Gasteiger partial charge in [-0.1, -0.05) is 5.16 Å². The van der Waals surface area contributed by atoms with Gasteiger partial charge in [-0.05, 0) is 44.2 Å². The van der Waals surface area contributed by atoms with Gasteiger partial charge in [0.1, 0.15) is 18.1 Å². The summed E-state index contributed by atoms with van der Waals surface area (Å²) >= 11 is 0. The molecule has 2 aromatic heterocycles. The number of hydrogen-bond acceptors (Lipinski definition) is 5. The van der Waals surface area contributed by atoms with Gasteiger partial charge in [-0.15, -0.1) is 0 Å². The van der Waals surface area contributed by atoms with Crippen LogP contribution in [0.4, 0.5) is 0 Å². The van der Waals surface area contributed by atoms with E-state index in [0.29, 0.717) is 17.0 Å². The van der Waals surface area contributed by atoms with Crippen LogP contribution in [-0.2, 0) is 11.3 Å². The van der Waals surface area contributed by atoms with Crippen molar-refractivity contribution < 1.29 is 14.1 Å². The molecule has 3 rings (SSSR count). The Hall–Kier alpha value is -2.89.